The van der Waals surface area contributed by atoms with Crippen LogP contribution in [0.2, 0.25) is 0 Å². The topological polar surface area (TPSA) is 90.5 Å². The fourth-order valence-electron chi connectivity index (χ4n) is 4.27. The van der Waals surface area contributed by atoms with Crippen molar-refractivity contribution < 1.29 is 27.6 Å². The molecule has 1 aliphatic heterocycles. The van der Waals surface area contributed by atoms with Crippen molar-refractivity contribution >= 4 is 29.0 Å². The molecule has 38 heavy (non-hydrogen) atoms. The van der Waals surface area contributed by atoms with Crippen LogP contribution in [-0.4, -0.2) is 39.0 Å². The van der Waals surface area contributed by atoms with Gasteiger partial charge in [-0.3, -0.25) is 19.5 Å². The summed E-state index contributed by atoms with van der Waals surface area (Å²) in [7, 11) is 0. The Balaban J connectivity index is 1.47. The van der Waals surface area contributed by atoms with Crippen LogP contribution in [-0.2, 0) is 11.2 Å². The van der Waals surface area contributed by atoms with Crippen LogP contribution < -0.4 is 9.64 Å². The normalized spacial score (nSPS) is 12.9. The molecule has 0 radical (unpaired) electrons. The van der Waals surface area contributed by atoms with Gasteiger partial charge in [-0.2, -0.15) is 0 Å². The average molecular weight is 541 g/mol. The van der Waals surface area contributed by atoms with Gasteiger partial charge in [-0.1, -0.05) is 42.1 Å². The summed E-state index contributed by atoms with van der Waals surface area (Å²) in [5.74, 6) is -0.440. The number of hydrogen-bond donors (Lipinski definition) is 0. The summed E-state index contributed by atoms with van der Waals surface area (Å²) in [5, 5.41) is 11.7. The third-order valence-corrected chi connectivity index (χ3v) is 6.86. The second-order valence-corrected chi connectivity index (χ2v) is 9.27. The minimum atomic E-state index is -4.83. The quantitative estimate of drug-likeness (QED) is 0.162. The molecule has 0 N–H and O–H groups in total. The van der Waals surface area contributed by atoms with Crippen LogP contribution in [0.3, 0.4) is 0 Å². The number of alkyl halides is 3. The summed E-state index contributed by atoms with van der Waals surface area (Å²) in [6.45, 7) is 0.576. The van der Waals surface area contributed by atoms with Gasteiger partial charge in [0.1, 0.15) is 5.75 Å². The molecule has 1 aliphatic rings. The number of benzene rings is 3. The third kappa shape index (κ3) is 5.35. The summed E-state index contributed by atoms with van der Waals surface area (Å²) in [6.07, 6.45) is -2.55. The van der Waals surface area contributed by atoms with Gasteiger partial charge < -0.3 is 9.64 Å². The molecule has 1 amide bonds. The Morgan fingerprint density at radius 2 is 1.84 bits per heavy atom. The number of nitrogens with zero attached hydrogens (tertiary/aromatic N) is 4. The number of carbonyl (C=O) groups excluding carboxylic acids is 1. The first-order valence-corrected chi connectivity index (χ1v) is 12.4. The van der Waals surface area contributed by atoms with E-state index in [9.17, 15) is 28.1 Å². The molecular formula is C26H19F3N4O4S. The van der Waals surface area contributed by atoms with Crippen molar-refractivity contribution in [3.63, 3.8) is 0 Å². The maximum Gasteiger partial charge on any atom is 0.573 e. The van der Waals surface area contributed by atoms with Crippen LogP contribution in [0, 0.1) is 10.1 Å². The number of thioether (sulfide) groups is 1. The highest BCUT2D eigenvalue weighted by atomic mass is 32.2. The van der Waals surface area contributed by atoms with Crippen molar-refractivity contribution in [3.8, 4) is 22.7 Å². The van der Waals surface area contributed by atoms with Crippen molar-refractivity contribution in [2.45, 2.75) is 17.9 Å². The van der Waals surface area contributed by atoms with Crippen molar-refractivity contribution in [2.75, 3.05) is 17.2 Å². The number of hydrogen-bond acceptors (Lipinski definition) is 6. The van der Waals surface area contributed by atoms with E-state index in [1.165, 1.54) is 60.4 Å². The number of rotatable bonds is 7. The maximum absolute atomic E-state index is 13.1. The van der Waals surface area contributed by atoms with Gasteiger partial charge in [-0.05, 0) is 42.3 Å². The molecule has 0 spiro atoms. The molecule has 0 saturated heterocycles. The highest BCUT2D eigenvalue weighted by Crippen LogP contribution is 2.34. The Labute approximate surface area is 218 Å². The first-order chi connectivity index (χ1) is 18.2. The largest absolute Gasteiger partial charge is 0.573 e. The van der Waals surface area contributed by atoms with Crippen LogP contribution in [0.1, 0.15) is 5.56 Å². The number of nitro groups is 1. The molecule has 0 aliphatic carbocycles. The molecule has 0 unspecified atom stereocenters. The Morgan fingerprint density at radius 1 is 1.08 bits per heavy atom. The van der Waals surface area contributed by atoms with Gasteiger partial charge in [0.05, 0.1) is 22.6 Å². The Hall–Kier alpha value is -4.32. The van der Waals surface area contributed by atoms with Gasteiger partial charge in [0.25, 0.3) is 5.69 Å². The Bertz CT molecular complexity index is 1510. The zero-order chi connectivity index (χ0) is 26.9. The van der Waals surface area contributed by atoms with E-state index in [4.69, 9.17) is 0 Å². The van der Waals surface area contributed by atoms with E-state index in [0.29, 0.717) is 28.6 Å². The number of nitro benzene ring substituents is 1. The summed E-state index contributed by atoms with van der Waals surface area (Å²) in [6, 6.07) is 18.8. The molecule has 5 rings (SSSR count). The standard InChI is InChI=1S/C26H19F3N4O4S/c27-26(28,29)37-21-10-8-19(9-11-21)32-23(18-5-3-6-20(14-18)33(35)36)15-30-25(32)38-16-24(34)31-13-12-17-4-1-2-7-22(17)31/h1-11,14-15H,12-13,16H2. The molecule has 0 saturated carbocycles. The monoisotopic (exact) mass is 540 g/mol. The van der Waals surface area contributed by atoms with Crippen molar-refractivity contribution in [3.05, 3.63) is 94.7 Å². The number of anilines is 1. The number of imidazole rings is 1. The molecule has 8 nitrogen and oxygen atoms in total. The number of fused-ring (bicyclic) bond motifs is 1. The molecule has 194 valence electrons. The van der Waals surface area contributed by atoms with E-state index in [-0.39, 0.29) is 17.3 Å². The molecular weight excluding hydrogens is 521 g/mol. The van der Waals surface area contributed by atoms with Gasteiger partial charge in [0, 0.05) is 35.6 Å². The van der Waals surface area contributed by atoms with Gasteiger partial charge in [-0.25, -0.2) is 4.98 Å². The van der Waals surface area contributed by atoms with Crippen molar-refractivity contribution in [2.24, 2.45) is 0 Å². The van der Waals surface area contributed by atoms with E-state index in [0.717, 1.165) is 17.7 Å². The first kappa shape index (κ1) is 25.3. The van der Waals surface area contributed by atoms with Crippen LogP contribution in [0.5, 0.6) is 5.75 Å². The van der Waals surface area contributed by atoms with Crippen LogP contribution in [0.15, 0.2) is 84.1 Å². The summed E-state index contributed by atoms with van der Waals surface area (Å²) in [4.78, 5) is 30.0. The zero-order valence-electron chi connectivity index (χ0n) is 19.6. The van der Waals surface area contributed by atoms with E-state index < -0.39 is 17.0 Å². The SMILES string of the molecule is O=C(CSc1ncc(-c2cccc([N+](=O)[O-])c2)n1-c1ccc(OC(F)(F)F)cc1)N1CCc2ccccc21. The molecule has 2 heterocycles. The number of carbonyl (C=O) groups is 1. The smallest absolute Gasteiger partial charge is 0.406 e. The summed E-state index contributed by atoms with van der Waals surface area (Å²) < 4.78 is 43.5. The predicted molar refractivity (Wildman–Crippen MR) is 136 cm³/mol. The van der Waals surface area contributed by atoms with Gasteiger partial charge in [-0.15, -0.1) is 13.2 Å². The molecule has 12 heteroatoms. The van der Waals surface area contributed by atoms with E-state index in [1.54, 1.807) is 15.5 Å². The molecule has 0 fully saturated rings. The van der Waals surface area contributed by atoms with E-state index >= 15 is 0 Å². The third-order valence-electron chi connectivity index (χ3n) is 5.92. The Morgan fingerprint density at radius 3 is 2.58 bits per heavy atom. The Kier molecular flexibility index (Phi) is 6.81. The van der Waals surface area contributed by atoms with Crippen LogP contribution >= 0.6 is 11.8 Å². The van der Waals surface area contributed by atoms with E-state index in [2.05, 4.69) is 9.72 Å². The van der Waals surface area contributed by atoms with Crippen molar-refractivity contribution in [1.29, 1.82) is 0 Å². The lowest BCUT2D eigenvalue weighted by Crippen LogP contribution is -2.30. The number of halogens is 3. The minimum Gasteiger partial charge on any atom is -0.406 e. The lowest BCUT2D eigenvalue weighted by molar-refractivity contribution is -0.384. The number of aromatic nitrogens is 2. The second-order valence-electron chi connectivity index (χ2n) is 8.32. The number of para-hydroxylation sites is 1. The zero-order valence-corrected chi connectivity index (χ0v) is 20.4. The van der Waals surface area contributed by atoms with Gasteiger partial charge >= 0.3 is 6.36 Å². The molecule has 0 bridgehead atoms. The highest BCUT2D eigenvalue weighted by Gasteiger charge is 2.31. The summed E-state index contributed by atoms with van der Waals surface area (Å²) >= 11 is 1.17. The second kappa shape index (κ2) is 10.2. The minimum absolute atomic E-state index is 0.0645. The fourth-order valence-corrected chi connectivity index (χ4v) is 5.14. The fraction of sp³-hybridized carbons (Fsp3) is 0.154. The van der Waals surface area contributed by atoms with Crippen LogP contribution in [0.4, 0.5) is 24.5 Å². The molecule has 1 aromatic heterocycles. The lowest BCUT2D eigenvalue weighted by atomic mass is 10.1. The highest BCUT2D eigenvalue weighted by molar-refractivity contribution is 7.99. The summed E-state index contributed by atoms with van der Waals surface area (Å²) in [5.41, 5.74) is 3.25. The van der Waals surface area contributed by atoms with Crippen LogP contribution in [0.25, 0.3) is 16.9 Å². The maximum atomic E-state index is 13.1. The first-order valence-electron chi connectivity index (χ1n) is 11.4. The van der Waals surface area contributed by atoms with E-state index in [1.807, 2.05) is 24.3 Å². The van der Waals surface area contributed by atoms with Crippen molar-refractivity contribution in [1.82, 2.24) is 9.55 Å². The van der Waals surface area contributed by atoms with Gasteiger partial charge in [0.15, 0.2) is 5.16 Å². The average Bonchev–Trinajstić information content (AvgIpc) is 3.51. The number of non-ortho nitro benzene ring substituents is 1. The number of ether oxygens (including phenoxy) is 1. The molecule has 3 aromatic carbocycles. The predicted octanol–water partition coefficient (Wildman–Crippen LogP) is 6.03. The lowest BCUT2D eigenvalue weighted by Gasteiger charge is -2.17. The van der Waals surface area contributed by atoms with Gasteiger partial charge in [0.2, 0.25) is 5.91 Å². The molecule has 4 aromatic rings. The molecule has 0 atom stereocenters. The number of amides is 1.